The van der Waals surface area contributed by atoms with Crippen LogP contribution >= 0.6 is 15.9 Å². The van der Waals surface area contributed by atoms with Crippen molar-refractivity contribution in [2.45, 2.75) is 17.9 Å². The molecule has 0 saturated heterocycles. The van der Waals surface area contributed by atoms with Crippen molar-refractivity contribution in [3.63, 3.8) is 0 Å². The van der Waals surface area contributed by atoms with Crippen LogP contribution in [-0.4, -0.2) is 48.6 Å². The Hall–Kier alpha value is -0.960. The first-order valence-electron chi connectivity index (χ1n) is 5.33. The van der Waals surface area contributed by atoms with Gasteiger partial charge in [0.2, 0.25) is 10.0 Å². The van der Waals surface area contributed by atoms with Crippen molar-refractivity contribution >= 4 is 31.9 Å². The van der Waals surface area contributed by atoms with Crippen molar-refractivity contribution in [1.82, 2.24) is 4.31 Å². The van der Waals surface area contributed by atoms with Crippen molar-refractivity contribution in [2.75, 3.05) is 13.7 Å². The highest BCUT2D eigenvalue weighted by molar-refractivity contribution is 9.10. The maximum atomic E-state index is 12.3. The second-order valence-corrected chi connectivity index (χ2v) is 6.82. The molecule has 8 heteroatoms. The van der Waals surface area contributed by atoms with Gasteiger partial charge in [0.25, 0.3) is 0 Å². The van der Waals surface area contributed by atoms with Gasteiger partial charge in [-0.2, -0.15) is 4.31 Å². The van der Waals surface area contributed by atoms with Crippen LogP contribution in [0.25, 0.3) is 0 Å². The number of halogens is 1. The highest BCUT2D eigenvalue weighted by atomic mass is 79.9. The van der Waals surface area contributed by atoms with Crippen molar-refractivity contribution in [3.05, 3.63) is 28.2 Å². The third-order valence-corrected chi connectivity index (χ3v) is 5.67. The minimum atomic E-state index is -3.79. The van der Waals surface area contributed by atoms with Crippen LogP contribution in [-0.2, 0) is 10.0 Å². The Morgan fingerprint density at radius 2 is 2.05 bits per heavy atom. The van der Waals surface area contributed by atoms with E-state index in [1.165, 1.54) is 25.2 Å². The number of aromatic carboxylic acids is 1. The number of carboxylic acid groups (broad SMARTS) is 1. The molecule has 0 aliphatic carbocycles. The molecule has 1 aromatic rings. The van der Waals surface area contributed by atoms with Gasteiger partial charge in [-0.05, 0) is 41.1 Å². The van der Waals surface area contributed by atoms with Gasteiger partial charge in [-0.3, -0.25) is 0 Å². The van der Waals surface area contributed by atoms with Crippen LogP contribution < -0.4 is 0 Å². The number of nitrogens with zero attached hydrogens (tertiary/aromatic N) is 1. The van der Waals surface area contributed by atoms with E-state index in [-0.39, 0.29) is 21.5 Å². The maximum Gasteiger partial charge on any atom is 0.335 e. The SMILES string of the molecule is CC(CO)N(C)S(=O)(=O)c1ccc(C(=O)O)cc1Br. The molecule has 0 heterocycles. The van der Waals surface area contributed by atoms with E-state index in [1.54, 1.807) is 6.92 Å². The minimum Gasteiger partial charge on any atom is -0.478 e. The number of carboxylic acids is 1. The van der Waals surface area contributed by atoms with Gasteiger partial charge in [0.15, 0.2) is 0 Å². The Kier molecular flexibility index (Phi) is 5.08. The van der Waals surface area contributed by atoms with Gasteiger partial charge in [-0.25, -0.2) is 13.2 Å². The van der Waals surface area contributed by atoms with Crippen molar-refractivity contribution < 1.29 is 23.4 Å². The van der Waals surface area contributed by atoms with E-state index in [4.69, 9.17) is 10.2 Å². The first-order chi connectivity index (χ1) is 8.71. The van der Waals surface area contributed by atoms with E-state index >= 15 is 0 Å². The second-order valence-electron chi connectivity index (χ2n) is 4.00. The number of sulfonamides is 1. The Morgan fingerprint density at radius 1 is 1.47 bits per heavy atom. The molecule has 19 heavy (non-hydrogen) atoms. The van der Waals surface area contributed by atoms with Gasteiger partial charge in [0.05, 0.1) is 17.1 Å². The summed E-state index contributed by atoms with van der Waals surface area (Å²) in [6, 6.07) is 3.10. The minimum absolute atomic E-state index is 0.0105. The van der Waals surface area contributed by atoms with E-state index in [1.807, 2.05) is 0 Å². The largest absolute Gasteiger partial charge is 0.478 e. The summed E-state index contributed by atoms with van der Waals surface area (Å²) >= 11 is 3.06. The summed E-state index contributed by atoms with van der Waals surface area (Å²) in [6.45, 7) is 1.26. The summed E-state index contributed by atoms with van der Waals surface area (Å²) in [5.41, 5.74) is -0.0105. The lowest BCUT2D eigenvalue weighted by Crippen LogP contribution is -2.37. The van der Waals surface area contributed by atoms with Gasteiger partial charge >= 0.3 is 5.97 Å². The number of hydrogen-bond donors (Lipinski definition) is 2. The highest BCUT2D eigenvalue weighted by Crippen LogP contribution is 2.26. The molecule has 0 amide bonds. The van der Waals surface area contributed by atoms with Crippen LogP contribution in [0.5, 0.6) is 0 Å². The molecule has 0 radical (unpaired) electrons. The van der Waals surface area contributed by atoms with E-state index in [0.29, 0.717) is 0 Å². The van der Waals surface area contributed by atoms with Crippen LogP contribution in [0.4, 0.5) is 0 Å². The lowest BCUT2D eigenvalue weighted by Gasteiger charge is -2.23. The zero-order valence-corrected chi connectivity index (χ0v) is 12.8. The van der Waals surface area contributed by atoms with Crippen molar-refractivity contribution in [1.29, 1.82) is 0 Å². The molecule has 1 rings (SSSR count). The lowest BCUT2D eigenvalue weighted by molar-refractivity contribution is 0.0696. The summed E-state index contributed by atoms with van der Waals surface area (Å²) in [6.07, 6.45) is 0. The van der Waals surface area contributed by atoms with Gasteiger partial charge in [-0.15, -0.1) is 0 Å². The van der Waals surface area contributed by atoms with E-state index in [9.17, 15) is 13.2 Å². The maximum absolute atomic E-state index is 12.3. The van der Waals surface area contributed by atoms with Crippen molar-refractivity contribution in [3.8, 4) is 0 Å². The number of rotatable bonds is 5. The van der Waals surface area contributed by atoms with Crippen molar-refractivity contribution in [2.24, 2.45) is 0 Å². The molecule has 1 aromatic carbocycles. The molecular formula is C11H14BrNO5S. The van der Waals surface area contributed by atoms with Gasteiger partial charge in [0.1, 0.15) is 0 Å². The molecule has 1 atom stereocenters. The summed E-state index contributed by atoms with van der Waals surface area (Å²) in [5, 5.41) is 17.8. The number of carbonyl (C=O) groups is 1. The average Bonchev–Trinajstić information content (AvgIpc) is 2.36. The van der Waals surface area contributed by atoms with E-state index < -0.39 is 22.0 Å². The summed E-state index contributed by atoms with van der Waals surface area (Å²) in [5.74, 6) is -1.14. The zero-order chi connectivity index (χ0) is 14.8. The standard InChI is InChI=1S/C11H14BrNO5S/c1-7(6-14)13(2)19(17,18)10-4-3-8(11(15)16)5-9(10)12/h3-5,7,14H,6H2,1-2H3,(H,15,16). The fourth-order valence-electron chi connectivity index (χ4n) is 1.35. The number of aliphatic hydroxyl groups excluding tert-OH is 1. The molecule has 1 unspecified atom stereocenters. The summed E-state index contributed by atoms with van der Waals surface area (Å²) < 4.78 is 25.7. The molecule has 0 aliphatic heterocycles. The van der Waals surface area contributed by atoms with Crippen LogP contribution in [0.15, 0.2) is 27.6 Å². The predicted molar refractivity (Wildman–Crippen MR) is 72.6 cm³/mol. The van der Waals surface area contributed by atoms with Gasteiger partial charge in [0, 0.05) is 17.6 Å². The van der Waals surface area contributed by atoms with Crippen LogP contribution in [0, 0.1) is 0 Å². The number of hydrogen-bond acceptors (Lipinski definition) is 4. The third kappa shape index (κ3) is 3.33. The van der Waals surface area contributed by atoms with Crippen LogP contribution in [0.3, 0.4) is 0 Å². The lowest BCUT2D eigenvalue weighted by atomic mass is 10.2. The Labute approximate surface area is 119 Å². The molecule has 0 aromatic heterocycles. The fourth-order valence-corrected chi connectivity index (χ4v) is 3.74. The predicted octanol–water partition coefficient (Wildman–Crippen LogP) is 1.15. The molecule has 6 nitrogen and oxygen atoms in total. The second kappa shape index (κ2) is 6.00. The Balaban J connectivity index is 3.27. The van der Waals surface area contributed by atoms with Crippen LogP contribution in [0.2, 0.25) is 0 Å². The van der Waals surface area contributed by atoms with E-state index in [2.05, 4.69) is 15.9 Å². The molecule has 0 spiro atoms. The van der Waals surface area contributed by atoms with Crippen LogP contribution in [0.1, 0.15) is 17.3 Å². The fraction of sp³-hybridized carbons (Fsp3) is 0.364. The zero-order valence-electron chi connectivity index (χ0n) is 10.4. The number of benzene rings is 1. The third-order valence-electron chi connectivity index (χ3n) is 2.72. The van der Waals surface area contributed by atoms with Gasteiger partial charge in [-0.1, -0.05) is 0 Å². The molecule has 0 aliphatic rings. The monoisotopic (exact) mass is 351 g/mol. The average molecular weight is 352 g/mol. The normalized spacial score (nSPS) is 13.5. The molecular weight excluding hydrogens is 338 g/mol. The molecule has 0 fully saturated rings. The molecule has 2 N–H and O–H groups in total. The molecule has 0 saturated carbocycles. The summed E-state index contributed by atoms with van der Waals surface area (Å²) in [7, 11) is -2.44. The van der Waals surface area contributed by atoms with E-state index in [0.717, 1.165) is 4.31 Å². The molecule has 106 valence electrons. The van der Waals surface area contributed by atoms with Gasteiger partial charge < -0.3 is 10.2 Å². The first-order valence-corrected chi connectivity index (χ1v) is 7.57. The first kappa shape index (κ1) is 16.1. The topological polar surface area (TPSA) is 94.9 Å². The number of aliphatic hydroxyl groups is 1. The Bertz CT molecular complexity index is 587. The smallest absolute Gasteiger partial charge is 0.335 e. The highest BCUT2D eigenvalue weighted by Gasteiger charge is 2.27. The molecule has 0 bridgehead atoms. The quantitative estimate of drug-likeness (QED) is 0.829. The number of likely N-dealkylation sites (N-methyl/N-ethyl adjacent to an activating group) is 1. The summed E-state index contributed by atoms with van der Waals surface area (Å²) in [4.78, 5) is 10.7. The Morgan fingerprint density at radius 3 is 2.47 bits per heavy atom.